The number of amides is 2. The van der Waals surface area contributed by atoms with Crippen molar-refractivity contribution < 1.29 is 14.0 Å². The van der Waals surface area contributed by atoms with Crippen LogP contribution in [0.1, 0.15) is 78.1 Å². The van der Waals surface area contributed by atoms with Crippen LogP contribution in [0.2, 0.25) is 0 Å². The number of benzene rings is 1. The van der Waals surface area contributed by atoms with Crippen LogP contribution in [0.15, 0.2) is 24.3 Å². The molecule has 2 aliphatic rings. The fourth-order valence-electron chi connectivity index (χ4n) is 4.95. The lowest BCUT2D eigenvalue weighted by Gasteiger charge is -2.34. The number of fused-ring (bicyclic) bond motifs is 1. The zero-order valence-electron chi connectivity index (χ0n) is 19.5. The number of thiophene rings is 1. The number of hydrogen-bond acceptors (Lipinski definition) is 3. The third kappa shape index (κ3) is 4.75. The van der Waals surface area contributed by atoms with Gasteiger partial charge in [-0.15, -0.1) is 11.3 Å². The van der Waals surface area contributed by atoms with E-state index in [4.69, 9.17) is 0 Å². The third-order valence-corrected chi connectivity index (χ3v) is 8.15. The molecule has 2 unspecified atom stereocenters. The van der Waals surface area contributed by atoms with Crippen LogP contribution in [0.5, 0.6) is 0 Å². The molecular weight excluding hydrogens is 423 g/mol. The number of likely N-dealkylation sites (tertiary alicyclic amines) is 1. The lowest BCUT2D eigenvalue weighted by Crippen LogP contribution is -2.39. The van der Waals surface area contributed by atoms with Gasteiger partial charge in [0.1, 0.15) is 10.8 Å². The fourth-order valence-corrected chi connectivity index (χ4v) is 6.26. The summed E-state index contributed by atoms with van der Waals surface area (Å²) < 4.78 is 13.3. The van der Waals surface area contributed by atoms with E-state index in [2.05, 4.69) is 33.0 Å². The molecule has 2 atom stereocenters. The molecule has 172 valence electrons. The number of carbonyl (C=O) groups excluding carboxylic acids is 2. The first-order valence-electron chi connectivity index (χ1n) is 11.6. The summed E-state index contributed by atoms with van der Waals surface area (Å²) in [6.07, 6.45) is 5.02. The van der Waals surface area contributed by atoms with Crippen LogP contribution in [0.4, 0.5) is 9.39 Å². The Kier molecular flexibility index (Phi) is 6.44. The Morgan fingerprint density at radius 1 is 1.16 bits per heavy atom. The van der Waals surface area contributed by atoms with Crippen molar-refractivity contribution in [3.8, 4) is 0 Å². The Morgan fingerprint density at radius 3 is 2.53 bits per heavy atom. The SMILES string of the molecule is CC1CCCN(C(=O)c2c(NC(=O)c3ccc(F)cc3)sc3c2CCC(C(C)(C)C)C3)C1. The molecular formula is C26H33FN2O2S. The van der Waals surface area contributed by atoms with Crippen molar-refractivity contribution in [1.29, 1.82) is 0 Å². The minimum Gasteiger partial charge on any atom is -0.338 e. The summed E-state index contributed by atoms with van der Waals surface area (Å²) in [6.45, 7) is 10.5. The standard InChI is InChI=1S/C26H33FN2O2S/c1-16-6-5-13-29(15-16)25(31)22-20-12-9-18(26(2,3)4)14-21(20)32-24(22)28-23(30)17-7-10-19(27)11-8-17/h7-8,10-11,16,18H,5-6,9,12-15H2,1-4H3,(H,28,30). The predicted octanol–water partition coefficient (Wildman–Crippen LogP) is 6.16. The highest BCUT2D eigenvalue weighted by Gasteiger charge is 2.35. The van der Waals surface area contributed by atoms with Crippen LogP contribution in [-0.4, -0.2) is 29.8 Å². The number of rotatable bonds is 3. The molecule has 1 saturated heterocycles. The maximum absolute atomic E-state index is 13.7. The quantitative estimate of drug-likeness (QED) is 0.601. The zero-order chi connectivity index (χ0) is 23.0. The molecule has 2 amide bonds. The summed E-state index contributed by atoms with van der Waals surface area (Å²) in [4.78, 5) is 29.8. The maximum Gasteiger partial charge on any atom is 0.257 e. The first-order valence-corrected chi connectivity index (χ1v) is 12.5. The van der Waals surface area contributed by atoms with Crippen molar-refractivity contribution in [2.24, 2.45) is 17.3 Å². The van der Waals surface area contributed by atoms with Crippen LogP contribution >= 0.6 is 11.3 Å². The highest BCUT2D eigenvalue weighted by molar-refractivity contribution is 7.17. The van der Waals surface area contributed by atoms with E-state index >= 15 is 0 Å². The molecule has 1 aliphatic heterocycles. The van der Waals surface area contributed by atoms with Gasteiger partial charge in [-0.1, -0.05) is 27.7 Å². The van der Waals surface area contributed by atoms with Crippen molar-refractivity contribution in [2.75, 3.05) is 18.4 Å². The van der Waals surface area contributed by atoms with Crippen molar-refractivity contribution in [3.05, 3.63) is 51.7 Å². The summed E-state index contributed by atoms with van der Waals surface area (Å²) in [5, 5.41) is 3.64. The van der Waals surface area contributed by atoms with Crippen LogP contribution in [0.25, 0.3) is 0 Å². The molecule has 2 heterocycles. The second-order valence-electron chi connectivity index (χ2n) is 10.5. The Labute approximate surface area is 194 Å². The monoisotopic (exact) mass is 456 g/mol. The normalized spacial score (nSPS) is 21.2. The minimum absolute atomic E-state index is 0.0395. The number of carbonyl (C=O) groups is 2. The largest absolute Gasteiger partial charge is 0.338 e. The van der Waals surface area contributed by atoms with Gasteiger partial charge in [-0.05, 0) is 79.2 Å². The first kappa shape index (κ1) is 23.0. The molecule has 0 bridgehead atoms. The molecule has 2 aromatic rings. The molecule has 4 nitrogen and oxygen atoms in total. The Bertz CT molecular complexity index is 1010. The smallest absolute Gasteiger partial charge is 0.257 e. The van der Waals surface area contributed by atoms with Gasteiger partial charge < -0.3 is 10.2 Å². The van der Waals surface area contributed by atoms with E-state index in [0.717, 1.165) is 50.8 Å². The van der Waals surface area contributed by atoms with Crippen molar-refractivity contribution in [1.82, 2.24) is 4.90 Å². The molecule has 32 heavy (non-hydrogen) atoms. The molecule has 0 radical (unpaired) electrons. The number of nitrogens with one attached hydrogen (secondary N) is 1. The third-order valence-electron chi connectivity index (χ3n) is 6.98. The van der Waals surface area contributed by atoms with E-state index in [1.807, 2.05) is 4.90 Å². The summed E-state index contributed by atoms with van der Waals surface area (Å²) >= 11 is 1.55. The molecule has 1 fully saturated rings. The lowest BCUT2D eigenvalue weighted by atomic mass is 9.72. The maximum atomic E-state index is 13.7. The number of anilines is 1. The Morgan fingerprint density at radius 2 is 1.88 bits per heavy atom. The van der Waals surface area contributed by atoms with Crippen LogP contribution in [0, 0.1) is 23.1 Å². The highest BCUT2D eigenvalue weighted by Crippen LogP contribution is 2.45. The number of piperidine rings is 1. The number of nitrogens with zero attached hydrogens (tertiary/aromatic N) is 1. The lowest BCUT2D eigenvalue weighted by molar-refractivity contribution is 0.0683. The van der Waals surface area contributed by atoms with Gasteiger partial charge in [-0.2, -0.15) is 0 Å². The average molecular weight is 457 g/mol. The second-order valence-corrected chi connectivity index (χ2v) is 11.6. The number of hydrogen-bond donors (Lipinski definition) is 1. The molecule has 1 aliphatic carbocycles. The summed E-state index contributed by atoms with van der Waals surface area (Å²) in [7, 11) is 0. The fraction of sp³-hybridized carbons (Fsp3) is 0.538. The topological polar surface area (TPSA) is 49.4 Å². The summed E-state index contributed by atoms with van der Waals surface area (Å²) in [5.74, 6) is 0.392. The van der Waals surface area contributed by atoms with Crippen molar-refractivity contribution in [2.45, 2.75) is 59.8 Å². The van der Waals surface area contributed by atoms with Gasteiger partial charge in [-0.3, -0.25) is 9.59 Å². The highest BCUT2D eigenvalue weighted by atomic mass is 32.1. The van der Waals surface area contributed by atoms with Gasteiger partial charge in [-0.25, -0.2) is 4.39 Å². The molecule has 6 heteroatoms. The summed E-state index contributed by atoms with van der Waals surface area (Å²) in [5.41, 5.74) is 2.39. The molecule has 0 saturated carbocycles. The van der Waals surface area contributed by atoms with Crippen molar-refractivity contribution in [3.63, 3.8) is 0 Å². The predicted molar refractivity (Wildman–Crippen MR) is 128 cm³/mol. The van der Waals surface area contributed by atoms with Gasteiger partial charge in [0.05, 0.1) is 5.56 Å². The van der Waals surface area contributed by atoms with Crippen LogP contribution < -0.4 is 5.32 Å². The van der Waals surface area contributed by atoms with Crippen LogP contribution in [-0.2, 0) is 12.8 Å². The number of halogens is 1. The van der Waals surface area contributed by atoms with Crippen LogP contribution in [0.3, 0.4) is 0 Å². The van der Waals surface area contributed by atoms with E-state index in [9.17, 15) is 14.0 Å². The summed E-state index contributed by atoms with van der Waals surface area (Å²) in [6, 6.07) is 5.51. The van der Waals surface area contributed by atoms with Gasteiger partial charge >= 0.3 is 0 Å². The van der Waals surface area contributed by atoms with E-state index in [1.54, 1.807) is 11.3 Å². The van der Waals surface area contributed by atoms with E-state index < -0.39 is 0 Å². The van der Waals surface area contributed by atoms with Crippen molar-refractivity contribution >= 4 is 28.2 Å². The van der Waals surface area contributed by atoms with E-state index in [1.165, 1.54) is 29.1 Å². The van der Waals surface area contributed by atoms with Gasteiger partial charge in [0.25, 0.3) is 11.8 Å². The van der Waals surface area contributed by atoms with Gasteiger partial charge in [0.2, 0.25) is 0 Å². The minimum atomic E-state index is -0.378. The van der Waals surface area contributed by atoms with E-state index in [-0.39, 0.29) is 23.0 Å². The molecule has 4 rings (SSSR count). The van der Waals surface area contributed by atoms with Gasteiger partial charge in [0.15, 0.2) is 0 Å². The first-order chi connectivity index (χ1) is 15.1. The molecule has 1 N–H and O–H groups in total. The Balaban J connectivity index is 1.68. The molecule has 1 aromatic carbocycles. The average Bonchev–Trinajstić information content (AvgIpc) is 3.10. The van der Waals surface area contributed by atoms with E-state index in [0.29, 0.717) is 28.0 Å². The zero-order valence-corrected chi connectivity index (χ0v) is 20.3. The Hall–Kier alpha value is -2.21. The molecule has 0 spiro atoms. The molecule has 1 aromatic heterocycles. The van der Waals surface area contributed by atoms with Gasteiger partial charge in [0, 0.05) is 23.5 Å². The second kappa shape index (κ2) is 8.97.